The third-order valence-corrected chi connectivity index (χ3v) is 4.73. The summed E-state index contributed by atoms with van der Waals surface area (Å²) in [7, 11) is 3.17. The van der Waals surface area contributed by atoms with Crippen LogP contribution >= 0.6 is 11.6 Å². The van der Waals surface area contributed by atoms with E-state index < -0.39 is 0 Å². The molecule has 1 N–H and O–H groups in total. The van der Waals surface area contributed by atoms with Crippen LogP contribution in [0.1, 0.15) is 0 Å². The van der Waals surface area contributed by atoms with Gasteiger partial charge in [0.2, 0.25) is 5.91 Å². The van der Waals surface area contributed by atoms with Crippen molar-refractivity contribution in [2.75, 3.05) is 50.1 Å². The van der Waals surface area contributed by atoms with Crippen LogP contribution in [-0.2, 0) is 11.8 Å². The molecule has 0 bridgehead atoms. The van der Waals surface area contributed by atoms with Gasteiger partial charge in [0.25, 0.3) is 5.56 Å². The van der Waals surface area contributed by atoms with Crippen molar-refractivity contribution in [3.8, 4) is 5.75 Å². The van der Waals surface area contributed by atoms with Crippen LogP contribution in [0.25, 0.3) is 0 Å². The van der Waals surface area contributed by atoms with Crippen LogP contribution in [-0.4, -0.2) is 60.4 Å². The summed E-state index contributed by atoms with van der Waals surface area (Å²) in [4.78, 5) is 28.3. The Morgan fingerprint density at radius 3 is 2.67 bits per heavy atom. The number of aromatic nitrogens is 2. The minimum atomic E-state index is -0.134. The molecule has 1 amide bonds. The first-order valence-corrected chi connectivity index (χ1v) is 8.98. The summed E-state index contributed by atoms with van der Waals surface area (Å²) in [5.74, 6) is 0.440. The monoisotopic (exact) mass is 391 g/mol. The molecule has 144 valence electrons. The average molecular weight is 392 g/mol. The number of hydrogen-bond acceptors (Lipinski definition) is 6. The number of amides is 1. The number of carbonyl (C=O) groups excluding carboxylic acids is 1. The van der Waals surface area contributed by atoms with Gasteiger partial charge in [0.15, 0.2) is 0 Å². The zero-order valence-corrected chi connectivity index (χ0v) is 16.1. The topological polar surface area (TPSA) is 79.7 Å². The number of carbonyl (C=O) groups is 1. The number of ether oxygens (including phenoxy) is 1. The van der Waals surface area contributed by atoms with Crippen LogP contribution < -0.4 is 20.5 Å². The number of nitrogens with zero attached hydrogens (tertiary/aromatic N) is 4. The van der Waals surface area contributed by atoms with E-state index in [4.69, 9.17) is 16.3 Å². The third kappa shape index (κ3) is 4.78. The Hall–Kier alpha value is -2.58. The third-order valence-electron chi connectivity index (χ3n) is 4.49. The smallest absolute Gasteiger partial charge is 0.268 e. The van der Waals surface area contributed by atoms with Crippen molar-refractivity contribution in [2.24, 2.45) is 7.05 Å². The van der Waals surface area contributed by atoms with E-state index in [1.165, 1.54) is 4.68 Å². The van der Waals surface area contributed by atoms with Gasteiger partial charge in [-0.3, -0.25) is 14.5 Å². The van der Waals surface area contributed by atoms with Crippen molar-refractivity contribution >= 4 is 28.9 Å². The van der Waals surface area contributed by atoms with Gasteiger partial charge in [-0.05, 0) is 18.2 Å². The summed E-state index contributed by atoms with van der Waals surface area (Å²) >= 11 is 5.99. The number of methoxy groups -OCH3 is 1. The van der Waals surface area contributed by atoms with Crippen molar-refractivity contribution in [2.45, 2.75) is 0 Å². The SMILES string of the molecule is COc1ccc(Cl)cc1NC(=O)CN1CCN(c2cnn(C)c(=O)c2)CC1. The molecule has 0 atom stereocenters. The van der Waals surface area contributed by atoms with Gasteiger partial charge in [-0.15, -0.1) is 0 Å². The van der Waals surface area contributed by atoms with Crippen molar-refractivity contribution in [1.82, 2.24) is 14.7 Å². The van der Waals surface area contributed by atoms with Gasteiger partial charge in [0.05, 0.1) is 31.2 Å². The Labute approximate surface area is 162 Å². The number of piperazine rings is 1. The number of aryl methyl sites for hydroxylation is 1. The molecule has 1 aromatic carbocycles. The fourth-order valence-electron chi connectivity index (χ4n) is 2.97. The van der Waals surface area contributed by atoms with E-state index in [-0.39, 0.29) is 18.0 Å². The van der Waals surface area contributed by atoms with Gasteiger partial charge in [-0.1, -0.05) is 11.6 Å². The molecular weight excluding hydrogens is 370 g/mol. The van der Waals surface area contributed by atoms with Crippen LogP contribution in [0.5, 0.6) is 5.75 Å². The molecule has 2 heterocycles. The molecule has 0 unspecified atom stereocenters. The summed E-state index contributed by atoms with van der Waals surface area (Å²) in [6.07, 6.45) is 1.69. The first-order valence-electron chi connectivity index (χ1n) is 8.60. The molecule has 3 rings (SSSR count). The molecule has 1 saturated heterocycles. The fraction of sp³-hybridized carbons (Fsp3) is 0.389. The van der Waals surface area contributed by atoms with Crippen LogP contribution in [0, 0.1) is 0 Å². The maximum Gasteiger partial charge on any atom is 0.268 e. The maximum absolute atomic E-state index is 12.4. The van der Waals surface area contributed by atoms with Crippen LogP contribution in [0.4, 0.5) is 11.4 Å². The highest BCUT2D eigenvalue weighted by Crippen LogP contribution is 2.27. The Morgan fingerprint density at radius 2 is 2.00 bits per heavy atom. The molecule has 0 radical (unpaired) electrons. The van der Waals surface area contributed by atoms with Crippen LogP contribution in [0.2, 0.25) is 5.02 Å². The molecule has 1 aromatic heterocycles. The number of benzene rings is 1. The van der Waals surface area contributed by atoms with Crippen molar-refractivity contribution in [1.29, 1.82) is 0 Å². The fourth-order valence-corrected chi connectivity index (χ4v) is 3.14. The van der Waals surface area contributed by atoms with Crippen LogP contribution in [0.15, 0.2) is 35.3 Å². The number of rotatable bonds is 5. The lowest BCUT2D eigenvalue weighted by Crippen LogP contribution is -2.49. The molecule has 9 heteroatoms. The Kier molecular flexibility index (Phi) is 5.98. The van der Waals surface area contributed by atoms with Gasteiger partial charge in [-0.25, -0.2) is 4.68 Å². The van der Waals surface area contributed by atoms with Crippen molar-refractivity contribution in [3.63, 3.8) is 0 Å². The van der Waals surface area contributed by atoms with Crippen LogP contribution in [0.3, 0.4) is 0 Å². The van der Waals surface area contributed by atoms with Gasteiger partial charge >= 0.3 is 0 Å². The van der Waals surface area contributed by atoms with Gasteiger partial charge in [0.1, 0.15) is 5.75 Å². The number of nitrogens with one attached hydrogen (secondary N) is 1. The summed E-state index contributed by atoms with van der Waals surface area (Å²) in [5, 5.41) is 7.43. The van der Waals surface area contributed by atoms with Gasteiger partial charge in [0, 0.05) is 44.3 Å². The predicted octanol–water partition coefficient (Wildman–Crippen LogP) is 1.20. The lowest BCUT2D eigenvalue weighted by atomic mass is 10.2. The lowest BCUT2D eigenvalue weighted by Gasteiger charge is -2.35. The van der Waals surface area contributed by atoms with Crippen molar-refractivity contribution < 1.29 is 9.53 Å². The molecule has 2 aromatic rings. The zero-order valence-electron chi connectivity index (χ0n) is 15.3. The minimum absolute atomic E-state index is 0.126. The number of hydrogen-bond donors (Lipinski definition) is 1. The Balaban J connectivity index is 1.54. The highest BCUT2D eigenvalue weighted by Gasteiger charge is 2.20. The molecular formula is C18H22ClN5O3. The quantitative estimate of drug-likeness (QED) is 0.825. The highest BCUT2D eigenvalue weighted by molar-refractivity contribution is 6.31. The van der Waals surface area contributed by atoms with E-state index in [2.05, 4.69) is 20.2 Å². The minimum Gasteiger partial charge on any atom is -0.495 e. The van der Waals surface area contributed by atoms with Gasteiger partial charge < -0.3 is 15.0 Å². The van der Waals surface area contributed by atoms with E-state index in [0.717, 1.165) is 31.9 Å². The summed E-state index contributed by atoms with van der Waals surface area (Å²) in [5.41, 5.74) is 1.23. The van der Waals surface area contributed by atoms with E-state index in [0.29, 0.717) is 16.5 Å². The Bertz CT molecular complexity index is 878. The largest absolute Gasteiger partial charge is 0.495 e. The van der Waals surface area contributed by atoms with E-state index >= 15 is 0 Å². The molecule has 0 spiro atoms. The molecule has 1 aliphatic heterocycles. The second-order valence-electron chi connectivity index (χ2n) is 6.33. The summed E-state index contributed by atoms with van der Waals surface area (Å²) in [6.45, 7) is 3.16. The molecule has 0 aliphatic carbocycles. The Morgan fingerprint density at radius 1 is 1.26 bits per heavy atom. The number of halogens is 1. The lowest BCUT2D eigenvalue weighted by molar-refractivity contribution is -0.117. The number of anilines is 2. The molecule has 27 heavy (non-hydrogen) atoms. The second kappa shape index (κ2) is 8.41. The normalized spacial score (nSPS) is 14.9. The van der Waals surface area contributed by atoms with E-state index in [1.54, 1.807) is 44.6 Å². The first-order chi connectivity index (χ1) is 13.0. The molecule has 1 fully saturated rings. The van der Waals surface area contributed by atoms with E-state index in [9.17, 15) is 9.59 Å². The standard InChI is InChI=1S/C18H22ClN5O3/c1-22-18(26)10-14(11-20-22)24-7-5-23(6-8-24)12-17(25)21-15-9-13(19)3-4-16(15)27-2/h3-4,9-11H,5-8,12H2,1-2H3,(H,21,25). The molecule has 0 saturated carbocycles. The van der Waals surface area contributed by atoms with Gasteiger partial charge in [-0.2, -0.15) is 5.10 Å². The molecule has 8 nitrogen and oxygen atoms in total. The summed E-state index contributed by atoms with van der Waals surface area (Å²) in [6, 6.07) is 6.68. The molecule has 1 aliphatic rings. The second-order valence-corrected chi connectivity index (χ2v) is 6.77. The average Bonchev–Trinajstić information content (AvgIpc) is 2.65. The highest BCUT2D eigenvalue weighted by atomic mass is 35.5. The summed E-state index contributed by atoms with van der Waals surface area (Å²) < 4.78 is 6.55. The first kappa shape index (κ1) is 19.2. The zero-order chi connectivity index (χ0) is 19.4. The maximum atomic E-state index is 12.4. The van der Waals surface area contributed by atoms with E-state index in [1.807, 2.05) is 0 Å². The predicted molar refractivity (Wildman–Crippen MR) is 105 cm³/mol. The van der Waals surface area contributed by atoms with Crippen molar-refractivity contribution in [3.05, 3.63) is 45.8 Å².